The Morgan fingerprint density at radius 2 is 1.95 bits per heavy atom. The molecule has 1 fully saturated rings. The third-order valence-corrected chi connectivity index (χ3v) is 3.79. The lowest BCUT2D eigenvalue weighted by Gasteiger charge is -2.24. The number of aliphatic carboxylic acids is 2. The quantitative estimate of drug-likeness (QED) is 0.718. The first-order valence-corrected chi connectivity index (χ1v) is 7.50. The molecule has 7 heteroatoms. The van der Waals surface area contributed by atoms with Gasteiger partial charge in [-0.1, -0.05) is 6.92 Å². The van der Waals surface area contributed by atoms with Crippen molar-refractivity contribution in [1.82, 2.24) is 0 Å². The second-order valence-corrected chi connectivity index (χ2v) is 5.40. The molecule has 0 aliphatic carbocycles. The zero-order valence-electron chi connectivity index (χ0n) is 12.7. The number of ether oxygens (including phenoxy) is 2. The minimum absolute atomic E-state index is 0.00760. The number of carboxylic acids is 2. The summed E-state index contributed by atoms with van der Waals surface area (Å²) in [6, 6.07) is 0. The van der Waals surface area contributed by atoms with Gasteiger partial charge in [-0.2, -0.15) is 0 Å². The highest BCUT2D eigenvalue weighted by molar-refractivity contribution is 5.86. The summed E-state index contributed by atoms with van der Waals surface area (Å²) < 4.78 is 10.2. The Morgan fingerprint density at radius 3 is 2.32 bits per heavy atom. The van der Waals surface area contributed by atoms with Crippen LogP contribution in [0.3, 0.4) is 0 Å². The van der Waals surface area contributed by atoms with Crippen LogP contribution >= 0.6 is 0 Å². The Bertz CT molecular complexity index is 397. The molecule has 0 amide bonds. The molecule has 22 heavy (non-hydrogen) atoms. The normalized spacial score (nSPS) is 27.7. The smallest absolute Gasteiger partial charge is 0.334 e. The summed E-state index contributed by atoms with van der Waals surface area (Å²) in [5.74, 6) is -2.04. The molecule has 2 aliphatic heterocycles. The van der Waals surface area contributed by atoms with Crippen molar-refractivity contribution in [2.24, 2.45) is 5.92 Å². The fourth-order valence-electron chi connectivity index (χ4n) is 2.22. The van der Waals surface area contributed by atoms with E-state index in [9.17, 15) is 9.59 Å². The van der Waals surface area contributed by atoms with Crippen LogP contribution < -0.4 is 0 Å². The Hall–Kier alpha value is -1.60. The van der Waals surface area contributed by atoms with Crippen molar-refractivity contribution in [2.75, 3.05) is 13.2 Å². The van der Waals surface area contributed by atoms with E-state index in [0.717, 1.165) is 12.8 Å². The molecule has 0 saturated carbocycles. The summed E-state index contributed by atoms with van der Waals surface area (Å²) in [5, 5.41) is 25.7. The lowest BCUT2D eigenvalue weighted by atomic mass is 9.99. The van der Waals surface area contributed by atoms with Gasteiger partial charge in [-0.25, -0.2) is 4.79 Å². The summed E-state index contributed by atoms with van der Waals surface area (Å²) >= 11 is 0. The van der Waals surface area contributed by atoms with E-state index in [1.165, 1.54) is 6.26 Å². The highest BCUT2D eigenvalue weighted by Crippen LogP contribution is 2.19. The molecular weight excluding hydrogens is 292 g/mol. The van der Waals surface area contributed by atoms with Gasteiger partial charge in [0.05, 0.1) is 43.2 Å². The molecule has 0 aromatic heterocycles. The first-order chi connectivity index (χ1) is 10.5. The van der Waals surface area contributed by atoms with Crippen molar-refractivity contribution >= 4 is 11.9 Å². The van der Waals surface area contributed by atoms with Crippen molar-refractivity contribution < 1.29 is 34.4 Å². The van der Waals surface area contributed by atoms with E-state index in [1.54, 1.807) is 0 Å². The summed E-state index contributed by atoms with van der Waals surface area (Å²) in [6.07, 6.45) is 5.11. The van der Waals surface area contributed by atoms with Crippen molar-refractivity contribution in [1.29, 1.82) is 0 Å². The van der Waals surface area contributed by atoms with Gasteiger partial charge in [0.2, 0.25) is 0 Å². The fourth-order valence-corrected chi connectivity index (χ4v) is 2.22. The number of rotatable bonds is 4. The van der Waals surface area contributed by atoms with Crippen LogP contribution in [0.5, 0.6) is 0 Å². The Labute approximate surface area is 129 Å². The van der Waals surface area contributed by atoms with Crippen molar-refractivity contribution in [3.63, 3.8) is 0 Å². The SMILES string of the molecule is CCC1CCC(C(=O)O)=CO1.O=C(O)C1CCC(CO)OC1. The lowest BCUT2D eigenvalue weighted by Crippen LogP contribution is -2.32. The number of hydrogen-bond acceptors (Lipinski definition) is 5. The van der Waals surface area contributed by atoms with Crippen LogP contribution in [0.15, 0.2) is 11.8 Å². The van der Waals surface area contributed by atoms with Gasteiger partial charge in [-0.15, -0.1) is 0 Å². The van der Waals surface area contributed by atoms with E-state index in [2.05, 4.69) is 0 Å². The minimum atomic E-state index is -0.862. The molecule has 0 aromatic carbocycles. The third-order valence-electron chi connectivity index (χ3n) is 3.79. The highest BCUT2D eigenvalue weighted by atomic mass is 16.5. The second kappa shape index (κ2) is 9.42. The van der Waals surface area contributed by atoms with E-state index in [-0.39, 0.29) is 31.3 Å². The molecule has 2 heterocycles. The summed E-state index contributed by atoms with van der Waals surface area (Å²) in [4.78, 5) is 20.8. The van der Waals surface area contributed by atoms with Crippen LogP contribution in [-0.4, -0.2) is 52.7 Å². The number of carbonyl (C=O) groups is 2. The molecule has 1 saturated heterocycles. The van der Waals surface area contributed by atoms with Crippen LogP contribution in [0.1, 0.15) is 39.0 Å². The Balaban J connectivity index is 0.000000220. The molecule has 3 atom stereocenters. The molecule has 0 radical (unpaired) electrons. The second-order valence-electron chi connectivity index (χ2n) is 5.40. The van der Waals surface area contributed by atoms with Crippen LogP contribution in [-0.2, 0) is 19.1 Å². The molecule has 3 unspecified atom stereocenters. The number of hydrogen-bond donors (Lipinski definition) is 3. The minimum Gasteiger partial charge on any atom is -0.497 e. The molecule has 3 N–H and O–H groups in total. The molecule has 2 rings (SSSR count). The van der Waals surface area contributed by atoms with E-state index in [4.69, 9.17) is 24.8 Å². The highest BCUT2D eigenvalue weighted by Gasteiger charge is 2.25. The van der Waals surface area contributed by atoms with Gasteiger partial charge in [0.25, 0.3) is 0 Å². The van der Waals surface area contributed by atoms with E-state index in [0.29, 0.717) is 24.8 Å². The van der Waals surface area contributed by atoms with Gasteiger partial charge in [0.15, 0.2) is 0 Å². The standard InChI is InChI=1S/C8H12O3.C7H12O4/c1-2-7-4-3-6(5-11-7)8(9)10;8-3-6-2-1-5(4-11-6)7(9)10/h5,7H,2-4H2,1H3,(H,9,10);5-6,8H,1-4H2,(H,9,10). The fraction of sp³-hybridized carbons (Fsp3) is 0.733. The predicted molar refractivity (Wildman–Crippen MR) is 77.3 cm³/mol. The summed E-state index contributed by atoms with van der Waals surface area (Å²) in [6.45, 7) is 2.26. The van der Waals surface area contributed by atoms with Gasteiger partial charge in [-0.3, -0.25) is 4.79 Å². The molecule has 0 aromatic rings. The topological polar surface area (TPSA) is 113 Å². The zero-order valence-corrected chi connectivity index (χ0v) is 12.7. The van der Waals surface area contributed by atoms with Crippen LogP contribution in [0.25, 0.3) is 0 Å². The van der Waals surface area contributed by atoms with Gasteiger partial charge in [0, 0.05) is 0 Å². The number of aliphatic hydroxyl groups is 1. The largest absolute Gasteiger partial charge is 0.497 e. The van der Waals surface area contributed by atoms with E-state index in [1.807, 2.05) is 6.92 Å². The molecule has 2 aliphatic rings. The molecule has 0 bridgehead atoms. The van der Waals surface area contributed by atoms with Crippen LogP contribution in [0.4, 0.5) is 0 Å². The first kappa shape index (κ1) is 18.4. The maximum absolute atomic E-state index is 10.4. The van der Waals surface area contributed by atoms with Crippen LogP contribution in [0.2, 0.25) is 0 Å². The maximum Gasteiger partial charge on any atom is 0.334 e. The van der Waals surface area contributed by atoms with Gasteiger partial charge < -0.3 is 24.8 Å². The lowest BCUT2D eigenvalue weighted by molar-refractivity contribution is -0.149. The number of carboxylic acid groups (broad SMARTS) is 2. The molecule has 126 valence electrons. The van der Waals surface area contributed by atoms with Crippen molar-refractivity contribution in [2.45, 2.75) is 51.2 Å². The third kappa shape index (κ3) is 6.03. The monoisotopic (exact) mass is 316 g/mol. The molecule has 7 nitrogen and oxygen atoms in total. The van der Waals surface area contributed by atoms with Crippen molar-refractivity contribution in [3.05, 3.63) is 11.8 Å². The maximum atomic E-state index is 10.4. The van der Waals surface area contributed by atoms with E-state index < -0.39 is 11.9 Å². The van der Waals surface area contributed by atoms with Crippen molar-refractivity contribution in [3.8, 4) is 0 Å². The van der Waals surface area contributed by atoms with Gasteiger partial charge >= 0.3 is 11.9 Å². The van der Waals surface area contributed by atoms with Gasteiger partial charge in [-0.05, 0) is 32.1 Å². The average Bonchev–Trinajstić information content (AvgIpc) is 2.55. The average molecular weight is 316 g/mol. The molecular formula is C15H24O7. The first-order valence-electron chi connectivity index (χ1n) is 7.50. The van der Waals surface area contributed by atoms with Crippen LogP contribution in [0, 0.1) is 5.92 Å². The molecule has 0 spiro atoms. The van der Waals surface area contributed by atoms with Gasteiger partial charge in [0.1, 0.15) is 0 Å². The number of aliphatic hydroxyl groups excluding tert-OH is 1. The summed E-state index contributed by atoms with van der Waals surface area (Å²) in [7, 11) is 0. The summed E-state index contributed by atoms with van der Waals surface area (Å²) in [5.41, 5.74) is 0.384. The zero-order chi connectivity index (χ0) is 16.5. The predicted octanol–water partition coefficient (Wildman–Crippen LogP) is 1.40. The Kier molecular flexibility index (Phi) is 7.90. The Morgan fingerprint density at radius 1 is 1.23 bits per heavy atom. The van der Waals surface area contributed by atoms with E-state index >= 15 is 0 Å².